The summed E-state index contributed by atoms with van der Waals surface area (Å²) in [4.78, 5) is 16.1. The molecule has 3 unspecified atom stereocenters. The Morgan fingerprint density at radius 1 is 1.28 bits per heavy atom. The molecule has 0 bridgehead atoms. The molecule has 1 saturated carbocycles. The fraction of sp³-hybridized carbons (Fsp3) is 0.550. The number of amides is 1. The van der Waals surface area contributed by atoms with Crippen molar-refractivity contribution in [2.45, 2.75) is 52.2 Å². The summed E-state index contributed by atoms with van der Waals surface area (Å²) < 4.78 is 5.48. The van der Waals surface area contributed by atoms with Gasteiger partial charge >= 0.3 is 0 Å². The van der Waals surface area contributed by atoms with Crippen molar-refractivity contribution in [3.8, 4) is 0 Å². The molecule has 2 heterocycles. The summed E-state index contributed by atoms with van der Waals surface area (Å²) in [5.41, 5.74) is 0. The van der Waals surface area contributed by atoms with E-state index in [0.717, 1.165) is 18.7 Å². The zero-order valence-electron chi connectivity index (χ0n) is 15.1. The molecule has 2 aromatic heterocycles. The fourth-order valence-corrected chi connectivity index (χ4v) is 4.40. The van der Waals surface area contributed by atoms with E-state index >= 15 is 0 Å². The number of nitrogens with one attached hydrogen (secondary N) is 1. The van der Waals surface area contributed by atoms with Crippen LogP contribution in [0.25, 0.3) is 0 Å². The zero-order valence-corrected chi connectivity index (χ0v) is 15.9. The second-order valence-corrected chi connectivity index (χ2v) is 8.28. The van der Waals surface area contributed by atoms with Crippen molar-refractivity contribution in [1.29, 1.82) is 0 Å². The number of hydrogen-bond donors (Lipinski definition) is 1. The summed E-state index contributed by atoms with van der Waals surface area (Å²) in [6.07, 6.45) is 5.27. The Hall–Kier alpha value is -1.59. The van der Waals surface area contributed by atoms with Crippen LogP contribution in [0.15, 0.2) is 40.3 Å². The van der Waals surface area contributed by atoms with E-state index in [1.165, 1.54) is 17.7 Å². The minimum atomic E-state index is 0.120. The first kappa shape index (κ1) is 18.2. The summed E-state index contributed by atoms with van der Waals surface area (Å²) in [5, 5.41) is 5.36. The Morgan fingerprint density at radius 2 is 2.16 bits per heavy atom. The highest BCUT2D eigenvalue weighted by molar-refractivity contribution is 7.09. The molecule has 136 valence electrons. The topological polar surface area (TPSA) is 45.5 Å². The number of nitrogens with zero attached hydrogens (tertiary/aromatic N) is 1. The second kappa shape index (κ2) is 8.68. The predicted molar refractivity (Wildman–Crippen MR) is 101 cm³/mol. The normalized spacial score (nSPS) is 23.7. The summed E-state index contributed by atoms with van der Waals surface area (Å²) in [6, 6.07) is 8.33. The van der Waals surface area contributed by atoms with E-state index in [4.69, 9.17) is 4.42 Å². The van der Waals surface area contributed by atoms with Gasteiger partial charge in [0, 0.05) is 17.5 Å². The van der Waals surface area contributed by atoms with Gasteiger partial charge in [-0.1, -0.05) is 32.8 Å². The molecule has 0 aromatic carbocycles. The van der Waals surface area contributed by atoms with Crippen molar-refractivity contribution < 1.29 is 9.21 Å². The molecule has 3 atom stereocenters. The monoisotopic (exact) mass is 360 g/mol. The van der Waals surface area contributed by atoms with Crippen LogP contribution >= 0.6 is 11.3 Å². The third-order valence-corrected chi connectivity index (χ3v) is 6.20. The third kappa shape index (κ3) is 5.19. The summed E-state index contributed by atoms with van der Waals surface area (Å²) in [5.74, 6) is 2.25. The van der Waals surface area contributed by atoms with Crippen LogP contribution in [0.5, 0.6) is 0 Å². The number of furan rings is 1. The van der Waals surface area contributed by atoms with Crippen molar-refractivity contribution in [3.05, 3.63) is 46.5 Å². The van der Waals surface area contributed by atoms with E-state index < -0.39 is 0 Å². The molecule has 1 amide bonds. The summed E-state index contributed by atoms with van der Waals surface area (Å²) >= 11 is 1.72. The number of rotatable bonds is 7. The van der Waals surface area contributed by atoms with Gasteiger partial charge < -0.3 is 9.73 Å². The van der Waals surface area contributed by atoms with Gasteiger partial charge in [0.05, 0.1) is 19.4 Å². The van der Waals surface area contributed by atoms with E-state index in [1.807, 2.05) is 12.1 Å². The molecule has 0 aliphatic heterocycles. The van der Waals surface area contributed by atoms with Gasteiger partial charge in [0.1, 0.15) is 5.76 Å². The molecule has 5 heteroatoms. The van der Waals surface area contributed by atoms with E-state index in [9.17, 15) is 4.79 Å². The van der Waals surface area contributed by atoms with Crippen LogP contribution in [0.3, 0.4) is 0 Å². The lowest BCUT2D eigenvalue weighted by Crippen LogP contribution is -2.47. The minimum Gasteiger partial charge on any atom is -0.468 e. The molecular weight excluding hydrogens is 332 g/mol. The van der Waals surface area contributed by atoms with Crippen LogP contribution in [-0.2, 0) is 17.9 Å². The van der Waals surface area contributed by atoms with Crippen LogP contribution in [0.4, 0.5) is 0 Å². The Labute approximate surface area is 154 Å². The Morgan fingerprint density at radius 3 is 2.88 bits per heavy atom. The Bertz CT molecular complexity index is 602. The molecule has 1 N–H and O–H groups in total. The SMILES string of the molecule is CC1CCCC(NC(=O)CN(Cc2ccco2)Cc2cccs2)C1C. The summed E-state index contributed by atoms with van der Waals surface area (Å²) in [7, 11) is 0. The first-order chi connectivity index (χ1) is 12.1. The lowest BCUT2D eigenvalue weighted by molar-refractivity contribution is -0.124. The maximum atomic E-state index is 12.7. The van der Waals surface area contributed by atoms with Gasteiger partial charge in [-0.05, 0) is 41.8 Å². The lowest BCUT2D eigenvalue weighted by Gasteiger charge is -2.35. The number of hydrogen-bond acceptors (Lipinski definition) is 4. The number of thiophene rings is 1. The van der Waals surface area contributed by atoms with Crippen LogP contribution in [0, 0.1) is 11.8 Å². The van der Waals surface area contributed by atoms with Crippen LogP contribution in [0.1, 0.15) is 43.7 Å². The predicted octanol–water partition coefficient (Wildman–Crippen LogP) is 4.28. The molecule has 25 heavy (non-hydrogen) atoms. The number of carbonyl (C=O) groups excluding carboxylic acids is 1. The second-order valence-electron chi connectivity index (χ2n) is 7.25. The zero-order chi connectivity index (χ0) is 17.6. The Kier molecular flexibility index (Phi) is 6.32. The first-order valence-electron chi connectivity index (χ1n) is 9.18. The molecule has 0 saturated heterocycles. The molecule has 0 radical (unpaired) electrons. The molecule has 1 fully saturated rings. The van der Waals surface area contributed by atoms with Crippen LogP contribution < -0.4 is 5.32 Å². The molecule has 4 nitrogen and oxygen atoms in total. The standard InChI is InChI=1S/C20H28N2O2S/c1-15-6-3-9-19(16(15)2)21-20(23)14-22(12-17-7-4-10-24-17)13-18-8-5-11-25-18/h4-5,7-8,10-11,15-16,19H,3,6,9,12-14H2,1-2H3,(H,21,23). The number of carbonyl (C=O) groups is 1. The maximum Gasteiger partial charge on any atom is 0.234 e. The van der Waals surface area contributed by atoms with Crippen molar-refractivity contribution in [1.82, 2.24) is 10.2 Å². The highest BCUT2D eigenvalue weighted by atomic mass is 32.1. The highest BCUT2D eigenvalue weighted by Crippen LogP contribution is 2.29. The fourth-order valence-electron chi connectivity index (χ4n) is 3.65. The molecule has 1 aliphatic carbocycles. The molecule has 1 aliphatic rings. The quantitative estimate of drug-likeness (QED) is 0.801. The maximum absolute atomic E-state index is 12.7. The van der Waals surface area contributed by atoms with E-state index in [-0.39, 0.29) is 5.91 Å². The average Bonchev–Trinajstić information content (AvgIpc) is 3.26. The summed E-state index contributed by atoms with van der Waals surface area (Å²) in [6.45, 7) is 6.37. The van der Waals surface area contributed by atoms with Crippen molar-refractivity contribution >= 4 is 17.2 Å². The van der Waals surface area contributed by atoms with Gasteiger partial charge in [-0.2, -0.15) is 0 Å². The van der Waals surface area contributed by atoms with E-state index in [0.29, 0.717) is 31.0 Å². The van der Waals surface area contributed by atoms with Crippen molar-refractivity contribution in [2.75, 3.05) is 6.54 Å². The average molecular weight is 361 g/mol. The molecular formula is C20H28N2O2S. The molecule has 3 rings (SSSR count). The lowest BCUT2D eigenvalue weighted by atomic mass is 9.78. The Balaban J connectivity index is 1.59. The molecule has 0 spiro atoms. The largest absolute Gasteiger partial charge is 0.468 e. The van der Waals surface area contributed by atoms with Crippen LogP contribution in [0.2, 0.25) is 0 Å². The van der Waals surface area contributed by atoms with Crippen molar-refractivity contribution in [3.63, 3.8) is 0 Å². The van der Waals surface area contributed by atoms with Gasteiger partial charge in [-0.15, -0.1) is 11.3 Å². The van der Waals surface area contributed by atoms with Gasteiger partial charge in [0.2, 0.25) is 5.91 Å². The van der Waals surface area contributed by atoms with E-state index in [1.54, 1.807) is 17.6 Å². The highest BCUT2D eigenvalue weighted by Gasteiger charge is 2.28. The van der Waals surface area contributed by atoms with Crippen LogP contribution in [-0.4, -0.2) is 23.4 Å². The van der Waals surface area contributed by atoms with Gasteiger partial charge in [-0.25, -0.2) is 0 Å². The van der Waals surface area contributed by atoms with Gasteiger partial charge in [0.15, 0.2) is 0 Å². The smallest absolute Gasteiger partial charge is 0.234 e. The first-order valence-corrected chi connectivity index (χ1v) is 10.1. The third-order valence-electron chi connectivity index (χ3n) is 5.34. The molecule has 2 aromatic rings. The van der Waals surface area contributed by atoms with Gasteiger partial charge in [0.25, 0.3) is 0 Å². The van der Waals surface area contributed by atoms with Crippen molar-refractivity contribution in [2.24, 2.45) is 11.8 Å². The van der Waals surface area contributed by atoms with Gasteiger partial charge in [-0.3, -0.25) is 9.69 Å². The minimum absolute atomic E-state index is 0.120. The van der Waals surface area contributed by atoms with E-state index in [2.05, 4.69) is 41.6 Å².